The summed E-state index contributed by atoms with van der Waals surface area (Å²) in [6.45, 7) is 0. The molecular weight excluding hydrogens is 1310 g/mol. The van der Waals surface area contributed by atoms with Crippen LogP contribution >= 0.6 is 0 Å². The average Bonchev–Trinajstić information content (AvgIpc) is 1.62. The van der Waals surface area contributed by atoms with E-state index in [9.17, 15) is 0 Å². The number of benzene rings is 17. The van der Waals surface area contributed by atoms with Gasteiger partial charge in [-0.15, -0.1) is 0 Å². The quantitative estimate of drug-likeness (QED) is 0.0965. The second kappa shape index (κ2) is 27.0. The zero-order valence-electron chi connectivity index (χ0n) is 59.0. The Balaban J connectivity index is 0.563. The van der Waals surface area contributed by atoms with Crippen LogP contribution in [0.4, 0.5) is 51.2 Å². The van der Waals surface area contributed by atoms with E-state index in [0.29, 0.717) is 0 Å². The molecule has 0 aliphatic rings. The Kier molecular flexibility index (Phi) is 15.8. The van der Waals surface area contributed by atoms with Gasteiger partial charge in [-0.25, -0.2) is 0 Å². The predicted octanol–water partition coefficient (Wildman–Crippen LogP) is 28.5. The summed E-state index contributed by atoms with van der Waals surface area (Å²) >= 11 is 0. The van der Waals surface area contributed by atoms with E-state index in [1.54, 1.807) is 0 Å². The lowest BCUT2D eigenvalue weighted by atomic mass is 9.99. The number of furan rings is 1. The molecule has 0 bridgehead atoms. The van der Waals surface area contributed by atoms with Crippen molar-refractivity contribution >= 4 is 117 Å². The second-order valence-corrected chi connectivity index (χ2v) is 27.6. The number of hydrogen-bond donors (Lipinski definition) is 0. The van der Waals surface area contributed by atoms with Gasteiger partial charge >= 0.3 is 0 Å². The van der Waals surface area contributed by atoms with Crippen molar-refractivity contribution < 1.29 is 4.42 Å². The maximum atomic E-state index is 6.53. The molecule has 508 valence electrons. The molecule has 0 fully saturated rings. The molecule has 20 rings (SSSR count). The van der Waals surface area contributed by atoms with E-state index >= 15 is 0 Å². The summed E-state index contributed by atoms with van der Waals surface area (Å²) in [4.78, 5) is 7.01. The molecule has 3 aromatic heterocycles. The Labute approximate surface area is 626 Å². The molecule has 0 radical (unpaired) electrons. The van der Waals surface area contributed by atoms with Crippen LogP contribution in [0, 0.1) is 0 Å². The van der Waals surface area contributed by atoms with Crippen LogP contribution in [0.1, 0.15) is 0 Å². The Hall–Kier alpha value is -14.5. The van der Waals surface area contributed by atoms with Gasteiger partial charge in [0.1, 0.15) is 11.2 Å². The van der Waals surface area contributed by atoms with Gasteiger partial charge < -0.3 is 28.3 Å². The number of hydrogen-bond acceptors (Lipinski definition) is 4. The Morgan fingerprint density at radius 1 is 0.167 bits per heavy atom. The third-order valence-electron chi connectivity index (χ3n) is 21.4. The number of nitrogens with zero attached hydrogens (tertiary/aromatic N) is 5. The molecule has 0 atom stereocenters. The van der Waals surface area contributed by atoms with Crippen molar-refractivity contribution in [1.82, 2.24) is 9.13 Å². The van der Waals surface area contributed by atoms with Crippen LogP contribution in [0.5, 0.6) is 0 Å². The van der Waals surface area contributed by atoms with Crippen LogP contribution in [0.3, 0.4) is 0 Å². The minimum Gasteiger partial charge on any atom is -0.455 e. The summed E-state index contributed by atoms with van der Waals surface area (Å²) < 4.78 is 11.3. The fourth-order valence-corrected chi connectivity index (χ4v) is 16.1. The molecule has 6 heteroatoms. The topological polar surface area (TPSA) is 32.7 Å². The van der Waals surface area contributed by atoms with E-state index in [1.807, 2.05) is 12.1 Å². The van der Waals surface area contributed by atoms with Crippen LogP contribution in [0.25, 0.3) is 133 Å². The van der Waals surface area contributed by atoms with E-state index in [0.717, 1.165) is 140 Å². The van der Waals surface area contributed by atoms with Gasteiger partial charge in [-0.05, 0) is 214 Å². The van der Waals surface area contributed by atoms with Crippen molar-refractivity contribution in [2.75, 3.05) is 14.7 Å². The highest BCUT2D eigenvalue weighted by atomic mass is 16.3. The van der Waals surface area contributed by atoms with Crippen molar-refractivity contribution in [3.8, 4) is 67.0 Å². The first-order valence-corrected chi connectivity index (χ1v) is 36.9. The van der Waals surface area contributed by atoms with Crippen molar-refractivity contribution in [3.05, 3.63) is 419 Å². The number of anilines is 9. The lowest BCUT2D eigenvalue weighted by Gasteiger charge is -2.26. The Morgan fingerprint density at radius 2 is 0.398 bits per heavy atom. The van der Waals surface area contributed by atoms with Crippen LogP contribution < -0.4 is 14.7 Å². The monoisotopic (exact) mass is 1380 g/mol. The molecule has 3 heterocycles. The van der Waals surface area contributed by atoms with E-state index in [4.69, 9.17) is 4.42 Å². The predicted molar refractivity (Wildman–Crippen MR) is 454 cm³/mol. The van der Waals surface area contributed by atoms with Crippen molar-refractivity contribution in [1.29, 1.82) is 0 Å². The molecule has 0 saturated carbocycles. The van der Waals surface area contributed by atoms with Gasteiger partial charge in [0.05, 0.1) is 22.1 Å². The summed E-state index contributed by atoms with van der Waals surface area (Å²) in [5.41, 5.74) is 29.8. The SMILES string of the molecule is c1ccc(N(c2ccc(-c3ccc(-c4ccc(N(c5ccc(-c6ccc(-c7ccc(N(c8ccccc8)c8ccc(-n9c%10ccccc%10c%10ccccc%109)cc8)cc7)cc6)cc5)c5ccc(-c6cccc7c6oc6ccccc67)cc5)cc4)cc3)cc2)c2ccc(-n3c4ccccc4c4ccccc43)cc2)cc1. The molecule has 0 saturated heterocycles. The largest absolute Gasteiger partial charge is 0.455 e. The highest BCUT2D eigenvalue weighted by Crippen LogP contribution is 2.44. The maximum absolute atomic E-state index is 6.53. The van der Waals surface area contributed by atoms with Crippen molar-refractivity contribution in [2.45, 2.75) is 0 Å². The van der Waals surface area contributed by atoms with Gasteiger partial charge in [0.25, 0.3) is 0 Å². The molecular formula is C102H69N5O. The maximum Gasteiger partial charge on any atom is 0.143 e. The highest BCUT2D eigenvalue weighted by Gasteiger charge is 2.21. The normalized spacial score (nSPS) is 11.5. The summed E-state index contributed by atoms with van der Waals surface area (Å²) in [5, 5.41) is 7.25. The molecule has 108 heavy (non-hydrogen) atoms. The smallest absolute Gasteiger partial charge is 0.143 e. The van der Waals surface area contributed by atoms with Crippen molar-refractivity contribution in [2.24, 2.45) is 0 Å². The van der Waals surface area contributed by atoms with Crippen LogP contribution in [-0.2, 0) is 0 Å². The van der Waals surface area contributed by atoms with E-state index < -0.39 is 0 Å². The highest BCUT2D eigenvalue weighted by molar-refractivity contribution is 6.12. The molecule has 0 aliphatic heterocycles. The van der Waals surface area contributed by atoms with Crippen LogP contribution in [-0.4, -0.2) is 9.13 Å². The first-order chi connectivity index (χ1) is 53.5. The minimum atomic E-state index is 0.890. The van der Waals surface area contributed by atoms with Gasteiger partial charge in [-0.2, -0.15) is 0 Å². The van der Waals surface area contributed by atoms with E-state index in [2.05, 4.69) is 430 Å². The number of aromatic nitrogens is 2. The molecule has 6 nitrogen and oxygen atoms in total. The summed E-state index contributed by atoms with van der Waals surface area (Å²) in [7, 11) is 0. The van der Waals surface area contributed by atoms with Gasteiger partial charge in [-0.3, -0.25) is 0 Å². The molecule has 0 unspecified atom stereocenters. The van der Waals surface area contributed by atoms with E-state index in [-0.39, 0.29) is 0 Å². The molecule has 17 aromatic carbocycles. The fourth-order valence-electron chi connectivity index (χ4n) is 16.1. The minimum absolute atomic E-state index is 0.890. The first kappa shape index (κ1) is 63.2. The first-order valence-electron chi connectivity index (χ1n) is 36.9. The third kappa shape index (κ3) is 11.4. The van der Waals surface area contributed by atoms with Gasteiger partial charge in [0.15, 0.2) is 0 Å². The molecule has 20 aromatic rings. The van der Waals surface area contributed by atoms with Gasteiger partial charge in [0, 0.05) is 100 Å². The average molecular weight is 1380 g/mol. The lowest BCUT2D eigenvalue weighted by Crippen LogP contribution is -2.10. The molecule has 0 aliphatic carbocycles. The fraction of sp³-hybridized carbons (Fsp3) is 0. The van der Waals surface area contributed by atoms with Crippen LogP contribution in [0.15, 0.2) is 423 Å². The standard InChI is InChI=1S/C102H69N5O/c1-3-18-79(19-4-1)103(86-62-66-88(67-63-86)106-97-29-12-7-22-91(97)92-23-8-13-30-98(92)106)81-52-42-74(43-53-81)70-34-38-72(39-35-70)76-46-56-83(57-47-76)105(85-60-50-78(51-61-85)90-27-17-28-96-95-26-11-16-33-101(95)108-102(90)96)84-58-48-77(49-59-84)73-40-36-71(37-41-73)75-44-54-82(55-45-75)104(80-20-5-2-6-21-80)87-64-68-89(69-65-87)107-99-31-14-9-24-93(99)94-25-10-15-32-100(94)107/h1-69H. The Bertz CT molecular complexity index is 6210. The molecule has 0 N–H and O–H groups in total. The van der Waals surface area contributed by atoms with Crippen LogP contribution in [0.2, 0.25) is 0 Å². The van der Waals surface area contributed by atoms with E-state index in [1.165, 1.54) is 43.6 Å². The van der Waals surface area contributed by atoms with Gasteiger partial charge in [0.2, 0.25) is 0 Å². The third-order valence-corrected chi connectivity index (χ3v) is 21.4. The number of fused-ring (bicyclic) bond motifs is 9. The molecule has 0 spiro atoms. The summed E-state index contributed by atoms with van der Waals surface area (Å²) in [6.07, 6.45) is 0. The second-order valence-electron chi connectivity index (χ2n) is 27.6. The molecule has 0 amide bonds. The number of rotatable bonds is 16. The van der Waals surface area contributed by atoms with Gasteiger partial charge in [-0.1, -0.05) is 255 Å². The Morgan fingerprint density at radius 3 is 0.713 bits per heavy atom. The zero-order chi connectivity index (χ0) is 71.4. The lowest BCUT2D eigenvalue weighted by molar-refractivity contribution is 0.670. The summed E-state index contributed by atoms with van der Waals surface area (Å²) in [5.74, 6) is 0. The number of para-hydroxylation sites is 8. The van der Waals surface area contributed by atoms with Crippen molar-refractivity contribution in [3.63, 3.8) is 0 Å². The summed E-state index contributed by atoms with van der Waals surface area (Å²) in [6, 6.07) is 151. The zero-order valence-corrected chi connectivity index (χ0v) is 59.0.